The fourth-order valence-electron chi connectivity index (χ4n) is 2.77. The quantitative estimate of drug-likeness (QED) is 0.480. The molecule has 1 heterocycles. The minimum absolute atomic E-state index is 0.0118. The van der Waals surface area contributed by atoms with Crippen molar-refractivity contribution in [3.05, 3.63) is 76.7 Å². The van der Waals surface area contributed by atoms with E-state index in [-0.39, 0.29) is 34.4 Å². The number of hydrogen-bond donors (Lipinski definition) is 2. The van der Waals surface area contributed by atoms with Gasteiger partial charge in [-0.3, -0.25) is 4.79 Å². The Bertz CT molecular complexity index is 1120. The third-order valence-electron chi connectivity index (χ3n) is 4.29. The number of nitrogens with one attached hydrogen (secondary N) is 1. The van der Waals surface area contributed by atoms with Crippen molar-refractivity contribution in [2.75, 3.05) is 17.3 Å². The van der Waals surface area contributed by atoms with Gasteiger partial charge in [0, 0.05) is 24.5 Å². The number of aliphatic hydroxyl groups is 1. The highest BCUT2D eigenvalue weighted by atomic mass is 35.5. The van der Waals surface area contributed by atoms with Crippen LogP contribution in [0.5, 0.6) is 5.75 Å². The Hall–Kier alpha value is -3.37. The van der Waals surface area contributed by atoms with E-state index in [0.29, 0.717) is 5.56 Å². The van der Waals surface area contributed by atoms with Crippen LogP contribution in [-0.2, 0) is 6.61 Å². The Morgan fingerprint density at radius 1 is 1.19 bits per heavy atom. The second-order valence-corrected chi connectivity index (χ2v) is 6.97. The van der Waals surface area contributed by atoms with Gasteiger partial charge in [0.15, 0.2) is 5.82 Å². The van der Waals surface area contributed by atoms with Crippen molar-refractivity contribution in [3.8, 4) is 5.75 Å². The van der Waals surface area contributed by atoms with Gasteiger partial charge in [0.2, 0.25) is 0 Å². The predicted octanol–water partition coefficient (Wildman–Crippen LogP) is 5.29. The van der Waals surface area contributed by atoms with Gasteiger partial charge in [0.25, 0.3) is 5.91 Å². The van der Waals surface area contributed by atoms with Gasteiger partial charge in [-0.25, -0.2) is 9.37 Å². The second kappa shape index (κ2) is 9.41. The molecule has 6 nitrogen and oxygen atoms in total. The summed E-state index contributed by atoms with van der Waals surface area (Å²) in [7, 11) is 1.51. The highest BCUT2D eigenvalue weighted by Crippen LogP contribution is 2.32. The number of aromatic nitrogens is 1. The smallest absolute Gasteiger partial charge is 0.406 e. The molecule has 0 aliphatic rings. The van der Waals surface area contributed by atoms with E-state index in [4.69, 9.17) is 16.7 Å². The first-order chi connectivity index (χ1) is 15.1. The van der Waals surface area contributed by atoms with Crippen molar-refractivity contribution < 1.29 is 32.2 Å². The number of ether oxygens (including phenoxy) is 1. The Labute approximate surface area is 185 Å². The normalized spacial score (nSPS) is 11.2. The van der Waals surface area contributed by atoms with Crippen LogP contribution >= 0.6 is 11.6 Å². The number of nitrogens with zero attached hydrogens (tertiary/aromatic N) is 2. The highest BCUT2D eigenvalue weighted by Gasteiger charge is 2.31. The van der Waals surface area contributed by atoms with Gasteiger partial charge in [0.1, 0.15) is 11.6 Å². The molecule has 0 aliphatic heterocycles. The summed E-state index contributed by atoms with van der Waals surface area (Å²) in [5, 5.41) is 11.9. The molecule has 0 fully saturated rings. The lowest BCUT2D eigenvalue weighted by Crippen LogP contribution is -2.17. The summed E-state index contributed by atoms with van der Waals surface area (Å²) in [5.41, 5.74) is 0.796. The minimum atomic E-state index is -4.82. The van der Waals surface area contributed by atoms with Gasteiger partial charge < -0.3 is 20.1 Å². The molecule has 0 unspecified atom stereocenters. The molecular weight excluding hydrogens is 454 g/mol. The molecule has 3 aromatic rings. The molecule has 2 N–H and O–H groups in total. The first-order valence-corrected chi connectivity index (χ1v) is 9.41. The van der Waals surface area contributed by atoms with E-state index in [9.17, 15) is 22.4 Å². The Morgan fingerprint density at radius 3 is 2.47 bits per heavy atom. The molecule has 11 heteroatoms. The van der Waals surface area contributed by atoms with Gasteiger partial charge in [0.05, 0.1) is 17.3 Å². The van der Waals surface area contributed by atoms with Gasteiger partial charge >= 0.3 is 6.36 Å². The van der Waals surface area contributed by atoms with Gasteiger partial charge in [-0.2, -0.15) is 0 Å². The van der Waals surface area contributed by atoms with Gasteiger partial charge in [-0.15, -0.1) is 13.2 Å². The molecule has 0 bridgehead atoms. The second-order valence-electron chi connectivity index (χ2n) is 6.56. The van der Waals surface area contributed by atoms with E-state index in [0.717, 1.165) is 18.2 Å². The number of carbonyl (C=O) groups is 1. The van der Waals surface area contributed by atoms with Crippen molar-refractivity contribution in [1.82, 2.24) is 4.98 Å². The maximum absolute atomic E-state index is 14.5. The SMILES string of the molecule is CN(c1cc(C(=O)Nc2ccc(OC(F)(F)F)cc2)ccc1F)c1ncc(CO)cc1Cl. The lowest BCUT2D eigenvalue weighted by molar-refractivity contribution is -0.274. The van der Waals surface area contributed by atoms with Crippen LogP contribution in [0.1, 0.15) is 15.9 Å². The summed E-state index contributed by atoms with van der Waals surface area (Å²) in [4.78, 5) is 18.0. The van der Waals surface area contributed by atoms with E-state index in [2.05, 4.69) is 15.0 Å². The van der Waals surface area contributed by atoms with Gasteiger partial charge in [-0.1, -0.05) is 11.6 Å². The number of benzene rings is 2. The first kappa shape index (κ1) is 23.3. The molecule has 2 aromatic carbocycles. The van der Waals surface area contributed by atoms with Crippen molar-refractivity contribution in [3.63, 3.8) is 0 Å². The van der Waals surface area contributed by atoms with Crippen LogP contribution in [0.2, 0.25) is 5.02 Å². The van der Waals surface area contributed by atoms with Gasteiger partial charge in [-0.05, 0) is 54.1 Å². The largest absolute Gasteiger partial charge is 0.573 e. The van der Waals surface area contributed by atoms with Crippen LogP contribution in [0.4, 0.5) is 34.8 Å². The number of aliphatic hydroxyl groups excluding tert-OH is 1. The van der Waals surface area contributed by atoms with E-state index < -0.39 is 23.8 Å². The van der Waals surface area contributed by atoms with Crippen molar-refractivity contribution in [1.29, 1.82) is 0 Å². The Kier molecular flexibility index (Phi) is 6.85. The summed E-state index contributed by atoms with van der Waals surface area (Å²) in [6.07, 6.45) is -3.43. The zero-order valence-electron chi connectivity index (χ0n) is 16.5. The lowest BCUT2D eigenvalue weighted by atomic mass is 10.1. The summed E-state index contributed by atoms with van der Waals surface area (Å²) in [5.74, 6) is -1.47. The summed E-state index contributed by atoms with van der Waals surface area (Å²) >= 11 is 6.17. The lowest BCUT2D eigenvalue weighted by Gasteiger charge is -2.21. The van der Waals surface area contributed by atoms with E-state index >= 15 is 0 Å². The average molecular weight is 470 g/mol. The van der Waals surface area contributed by atoms with Crippen molar-refractivity contribution in [2.45, 2.75) is 13.0 Å². The number of halogens is 5. The molecule has 1 amide bonds. The predicted molar refractivity (Wildman–Crippen MR) is 111 cm³/mol. The third kappa shape index (κ3) is 5.65. The zero-order chi connectivity index (χ0) is 23.5. The van der Waals surface area contributed by atoms with Crippen LogP contribution in [-0.4, -0.2) is 29.4 Å². The number of rotatable bonds is 6. The summed E-state index contributed by atoms with van der Waals surface area (Å²) < 4.78 is 55.0. The molecule has 0 saturated heterocycles. The summed E-state index contributed by atoms with van der Waals surface area (Å²) in [6.45, 7) is -0.260. The standard InChI is InChI=1S/C21H16ClF4N3O3/c1-29(19-16(22)8-12(11-30)10-27-19)18-9-13(2-7-17(18)23)20(31)28-14-3-5-15(6-4-14)32-21(24,25)26/h2-10,30H,11H2,1H3,(H,28,31). The molecule has 0 saturated carbocycles. The Morgan fingerprint density at radius 2 is 1.88 bits per heavy atom. The third-order valence-corrected chi connectivity index (χ3v) is 4.57. The monoisotopic (exact) mass is 469 g/mol. The number of alkyl halides is 3. The van der Waals surface area contributed by atoms with E-state index in [1.54, 1.807) is 0 Å². The van der Waals surface area contributed by atoms with Crippen LogP contribution < -0.4 is 15.0 Å². The van der Waals surface area contributed by atoms with Crippen molar-refractivity contribution >= 4 is 34.7 Å². The van der Waals surface area contributed by atoms with Crippen LogP contribution in [0.3, 0.4) is 0 Å². The molecule has 3 rings (SSSR count). The number of pyridine rings is 1. The van der Waals surface area contributed by atoms with Crippen molar-refractivity contribution in [2.24, 2.45) is 0 Å². The van der Waals surface area contributed by atoms with E-state index in [1.165, 1.54) is 48.5 Å². The molecule has 0 aliphatic carbocycles. The average Bonchev–Trinajstić information content (AvgIpc) is 2.73. The van der Waals surface area contributed by atoms with E-state index in [1.807, 2.05) is 0 Å². The first-order valence-electron chi connectivity index (χ1n) is 9.03. The fourth-order valence-corrected chi connectivity index (χ4v) is 3.09. The van der Waals surface area contributed by atoms with Crippen LogP contribution in [0, 0.1) is 5.82 Å². The molecule has 168 valence electrons. The molecular formula is C21H16ClF4N3O3. The summed E-state index contributed by atoms with van der Waals surface area (Å²) in [6, 6.07) is 9.70. The number of amides is 1. The highest BCUT2D eigenvalue weighted by molar-refractivity contribution is 6.33. The number of anilines is 3. The van der Waals surface area contributed by atoms with Crippen LogP contribution in [0.15, 0.2) is 54.7 Å². The minimum Gasteiger partial charge on any atom is -0.406 e. The molecule has 0 radical (unpaired) electrons. The Balaban J connectivity index is 1.79. The maximum Gasteiger partial charge on any atom is 0.573 e. The molecule has 0 spiro atoms. The maximum atomic E-state index is 14.5. The molecule has 0 atom stereocenters. The zero-order valence-corrected chi connectivity index (χ0v) is 17.2. The topological polar surface area (TPSA) is 74.7 Å². The fraction of sp³-hybridized carbons (Fsp3) is 0.143. The number of hydrogen-bond acceptors (Lipinski definition) is 5. The number of carbonyl (C=O) groups excluding carboxylic acids is 1. The molecule has 32 heavy (non-hydrogen) atoms. The van der Waals surface area contributed by atoms with Crippen LogP contribution in [0.25, 0.3) is 0 Å². The molecule has 1 aromatic heterocycles.